The van der Waals surface area contributed by atoms with Crippen molar-refractivity contribution >= 4 is 0 Å². The molecule has 0 saturated carbocycles. The topological polar surface area (TPSA) is 21.3 Å². The van der Waals surface area contributed by atoms with Crippen LogP contribution in [0.15, 0.2) is 24.3 Å². The zero-order valence-electron chi connectivity index (χ0n) is 8.55. The Morgan fingerprint density at radius 1 is 1.19 bits per heavy atom. The van der Waals surface area contributed by atoms with E-state index in [0.29, 0.717) is 13.2 Å². The van der Waals surface area contributed by atoms with Crippen molar-refractivity contribution in [2.45, 2.75) is 12.3 Å². The Hall–Kier alpha value is -1.07. The Labute approximate surface area is 91.4 Å². The molecule has 16 heavy (non-hydrogen) atoms. The molecule has 0 unspecified atom stereocenters. The second-order valence-corrected chi connectivity index (χ2v) is 3.68. The highest BCUT2D eigenvalue weighted by atomic mass is 19.4. The first-order chi connectivity index (χ1) is 7.57. The van der Waals surface area contributed by atoms with Crippen molar-refractivity contribution in [1.82, 2.24) is 5.32 Å². The maximum Gasteiger partial charge on any atom is 0.416 e. The summed E-state index contributed by atoms with van der Waals surface area (Å²) in [6.07, 6.45) is -4.42. The van der Waals surface area contributed by atoms with Crippen molar-refractivity contribution in [2.24, 2.45) is 0 Å². The number of hydrogen-bond acceptors (Lipinski definition) is 2. The van der Waals surface area contributed by atoms with Gasteiger partial charge in [0.05, 0.1) is 18.3 Å². The summed E-state index contributed by atoms with van der Waals surface area (Å²) in [6.45, 7) is 2.02. The van der Waals surface area contributed by atoms with E-state index in [1.165, 1.54) is 12.1 Å². The number of morpholine rings is 1. The van der Waals surface area contributed by atoms with Gasteiger partial charge in [-0.2, -0.15) is 13.2 Å². The zero-order chi connectivity index (χ0) is 11.6. The van der Waals surface area contributed by atoms with Gasteiger partial charge in [0.25, 0.3) is 0 Å². The fraction of sp³-hybridized carbons (Fsp3) is 0.455. The van der Waals surface area contributed by atoms with Crippen LogP contribution in [0.2, 0.25) is 0 Å². The van der Waals surface area contributed by atoms with Gasteiger partial charge in [-0.05, 0) is 17.7 Å². The maximum absolute atomic E-state index is 12.3. The van der Waals surface area contributed by atoms with Gasteiger partial charge in [0.2, 0.25) is 0 Å². The van der Waals surface area contributed by atoms with Gasteiger partial charge >= 0.3 is 6.18 Å². The molecule has 2 nitrogen and oxygen atoms in total. The molecule has 0 aliphatic carbocycles. The van der Waals surface area contributed by atoms with Crippen molar-refractivity contribution < 1.29 is 17.9 Å². The zero-order valence-corrected chi connectivity index (χ0v) is 8.55. The van der Waals surface area contributed by atoms with E-state index in [0.717, 1.165) is 24.2 Å². The molecule has 1 heterocycles. The molecule has 0 aromatic heterocycles. The largest absolute Gasteiger partial charge is 0.416 e. The molecule has 88 valence electrons. The number of alkyl halides is 3. The van der Waals surface area contributed by atoms with Crippen LogP contribution >= 0.6 is 0 Å². The number of halogens is 3. The normalized spacial score (nSPS) is 22.1. The van der Waals surface area contributed by atoms with Crippen LogP contribution in [-0.4, -0.2) is 19.7 Å². The third kappa shape index (κ3) is 2.54. The average Bonchev–Trinajstić information content (AvgIpc) is 2.29. The molecule has 5 heteroatoms. The lowest BCUT2D eigenvalue weighted by atomic mass is 10.1. The fourth-order valence-corrected chi connectivity index (χ4v) is 1.67. The van der Waals surface area contributed by atoms with Crippen LogP contribution in [0.1, 0.15) is 17.2 Å². The van der Waals surface area contributed by atoms with E-state index in [1.807, 2.05) is 0 Å². The summed E-state index contributed by atoms with van der Waals surface area (Å²) >= 11 is 0. The van der Waals surface area contributed by atoms with Crippen LogP contribution in [0.5, 0.6) is 0 Å². The van der Waals surface area contributed by atoms with E-state index in [1.54, 1.807) is 0 Å². The van der Waals surface area contributed by atoms with Crippen molar-refractivity contribution in [1.29, 1.82) is 0 Å². The average molecular weight is 231 g/mol. The predicted octanol–water partition coefficient (Wildman–Crippen LogP) is 2.37. The molecule has 1 aliphatic heterocycles. The first-order valence-corrected chi connectivity index (χ1v) is 5.07. The van der Waals surface area contributed by atoms with Gasteiger partial charge in [-0.15, -0.1) is 0 Å². The SMILES string of the molecule is FC(F)(F)c1ccc([C@H]2CNCCO2)cc1. The smallest absolute Gasteiger partial charge is 0.371 e. The summed E-state index contributed by atoms with van der Waals surface area (Å²) in [5.41, 5.74) is 0.153. The lowest BCUT2D eigenvalue weighted by molar-refractivity contribution is -0.137. The van der Waals surface area contributed by atoms with Gasteiger partial charge in [-0.3, -0.25) is 0 Å². The first-order valence-electron chi connectivity index (χ1n) is 5.07. The van der Waals surface area contributed by atoms with E-state index in [4.69, 9.17) is 4.74 Å². The molecule has 1 fully saturated rings. The van der Waals surface area contributed by atoms with E-state index < -0.39 is 11.7 Å². The van der Waals surface area contributed by atoms with E-state index >= 15 is 0 Å². The molecule has 1 atom stereocenters. The number of benzene rings is 1. The number of nitrogens with one attached hydrogen (secondary N) is 1. The minimum absolute atomic E-state index is 0.143. The van der Waals surface area contributed by atoms with Crippen LogP contribution in [0.25, 0.3) is 0 Å². The Morgan fingerprint density at radius 3 is 2.38 bits per heavy atom. The van der Waals surface area contributed by atoms with Gasteiger partial charge in [0.1, 0.15) is 0 Å². The van der Waals surface area contributed by atoms with E-state index in [2.05, 4.69) is 5.32 Å². The molecule has 0 amide bonds. The van der Waals surface area contributed by atoms with Crippen molar-refractivity contribution in [3.63, 3.8) is 0 Å². The predicted molar refractivity (Wildman–Crippen MR) is 53.0 cm³/mol. The summed E-state index contributed by atoms with van der Waals surface area (Å²) in [5.74, 6) is 0. The molecular formula is C11H12F3NO. The molecule has 0 spiro atoms. The first kappa shape index (κ1) is 11.4. The highest BCUT2D eigenvalue weighted by molar-refractivity contribution is 5.26. The van der Waals surface area contributed by atoms with Crippen molar-refractivity contribution in [3.8, 4) is 0 Å². The second-order valence-electron chi connectivity index (χ2n) is 3.68. The summed E-state index contributed by atoms with van der Waals surface area (Å²) in [6, 6.07) is 5.13. The van der Waals surface area contributed by atoms with E-state index in [-0.39, 0.29) is 6.10 Å². The molecular weight excluding hydrogens is 219 g/mol. The summed E-state index contributed by atoms with van der Waals surface area (Å²) < 4.78 is 42.4. The quantitative estimate of drug-likeness (QED) is 0.801. The Kier molecular flexibility index (Phi) is 3.16. The van der Waals surface area contributed by atoms with Crippen LogP contribution in [0.3, 0.4) is 0 Å². The minimum atomic E-state index is -4.27. The third-order valence-corrected chi connectivity index (χ3v) is 2.54. The molecule has 0 radical (unpaired) electrons. The third-order valence-electron chi connectivity index (χ3n) is 2.54. The van der Waals surface area contributed by atoms with Gasteiger partial charge in [-0.1, -0.05) is 12.1 Å². The van der Waals surface area contributed by atoms with Gasteiger partial charge in [0, 0.05) is 13.1 Å². The Balaban J connectivity index is 2.12. The monoisotopic (exact) mass is 231 g/mol. The van der Waals surface area contributed by atoms with Crippen LogP contribution in [0.4, 0.5) is 13.2 Å². The Bertz CT molecular complexity index is 341. The number of rotatable bonds is 1. The molecule has 1 aliphatic rings. The molecule has 1 aromatic carbocycles. The lowest BCUT2D eigenvalue weighted by Crippen LogP contribution is -2.33. The van der Waals surface area contributed by atoms with Gasteiger partial charge in [-0.25, -0.2) is 0 Å². The van der Waals surface area contributed by atoms with Crippen molar-refractivity contribution in [2.75, 3.05) is 19.7 Å². The van der Waals surface area contributed by atoms with Crippen LogP contribution in [-0.2, 0) is 10.9 Å². The number of ether oxygens (including phenoxy) is 1. The highest BCUT2D eigenvalue weighted by Gasteiger charge is 2.30. The van der Waals surface area contributed by atoms with Crippen molar-refractivity contribution in [3.05, 3.63) is 35.4 Å². The summed E-state index contributed by atoms with van der Waals surface area (Å²) in [4.78, 5) is 0. The molecule has 2 rings (SSSR count). The minimum Gasteiger partial charge on any atom is -0.371 e. The van der Waals surface area contributed by atoms with Gasteiger partial charge < -0.3 is 10.1 Å². The highest BCUT2D eigenvalue weighted by Crippen LogP contribution is 2.30. The molecule has 1 N–H and O–H groups in total. The summed E-state index contributed by atoms with van der Waals surface area (Å²) in [7, 11) is 0. The maximum atomic E-state index is 12.3. The number of hydrogen-bond donors (Lipinski definition) is 1. The van der Waals surface area contributed by atoms with E-state index in [9.17, 15) is 13.2 Å². The van der Waals surface area contributed by atoms with Crippen LogP contribution in [0, 0.1) is 0 Å². The molecule has 0 bridgehead atoms. The second kappa shape index (κ2) is 4.43. The fourth-order valence-electron chi connectivity index (χ4n) is 1.67. The van der Waals surface area contributed by atoms with Gasteiger partial charge in [0.15, 0.2) is 0 Å². The molecule has 1 saturated heterocycles. The lowest BCUT2D eigenvalue weighted by Gasteiger charge is -2.24. The summed E-state index contributed by atoms with van der Waals surface area (Å²) in [5, 5.41) is 3.13. The Morgan fingerprint density at radius 2 is 1.88 bits per heavy atom. The van der Waals surface area contributed by atoms with Crippen LogP contribution < -0.4 is 5.32 Å². The standard InChI is InChI=1S/C11H12F3NO/c12-11(13,14)9-3-1-8(2-4-9)10-7-15-5-6-16-10/h1-4,10,15H,5-7H2/t10-/m1/s1. The molecule has 1 aromatic rings.